The monoisotopic (exact) mass is 427 g/mol. The number of aromatic nitrogens is 1. The van der Waals surface area contributed by atoms with Crippen LogP contribution in [0.4, 0.5) is 17.6 Å². The maximum Gasteiger partial charge on any atom is 0.446 e. The van der Waals surface area contributed by atoms with Crippen LogP contribution in [0, 0.1) is 12.7 Å². The Bertz CT molecular complexity index is 1120. The predicted octanol–water partition coefficient (Wildman–Crippen LogP) is 4.72. The number of carboxylic acids is 1. The molecule has 2 aromatic carbocycles. The average Bonchev–Trinajstić information content (AvgIpc) is 2.85. The van der Waals surface area contributed by atoms with Crippen LogP contribution in [-0.2, 0) is 11.2 Å². The number of carboxylic acid groups (broad SMARTS) is 1. The fourth-order valence-electron chi connectivity index (χ4n) is 3.05. The van der Waals surface area contributed by atoms with Crippen molar-refractivity contribution in [2.24, 2.45) is 0 Å². The Morgan fingerprint density at radius 1 is 1.14 bits per heavy atom. The van der Waals surface area contributed by atoms with Crippen LogP contribution in [0.3, 0.4) is 0 Å². The number of carbonyl (C=O) groups excluding carboxylic acids is 1. The van der Waals surface area contributed by atoms with Gasteiger partial charge in [0.15, 0.2) is 11.6 Å². The first kappa shape index (κ1) is 20.7. The Kier molecular flexibility index (Phi) is 5.31. The molecule has 0 saturated heterocycles. The Morgan fingerprint density at radius 2 is 1.76 bits per heavy atom. The maximum atomic E-state index is 13.9. The van der Waals surface area contributed by atoms with Crippen LogP contribution in [-0.4, -0.2) is 32.2 Å². The van der Waals surface area contributed by atoms with E-state index in [2.05, 4.69) is 0 Å². The van der Waals surface area contributed by atoms with E-state index < -0.39 is 35.4 Å². The molecule has 2 N–H and O–H groups in total. The molecule has 29 heavy (non-hydrogen) atoms. The molecule has 0 aliphatic heterocycles. The van der Waals surface area contributed by atoms with Crippen molar-refractivity contribution in [1.29, 1.82) is 0 Å². The first-order valence-corrected chi connectivity index (χ1v) is 8.94. The summed E-state index contributed by atoms with van der Waals surface area (Å²) in [5.41, 5.74) is -3.93. The number of phenolic OH excluding ortho intramolecular Hbond substituents is 1. The smallest absolute Gasteiger partial charge is 0.446 e. The van der Waals surface area contributed by atoms with Crippen LogP contribution in [0.15, 0.2) is 41.3 Å². The number of fused-ring (bicyclic) bond motifs is 1. The number of hydrogen-bond donors (Lipinski definition) is 2. The van der Waals surface area contributed by atoms with Crippen LogP contribution in [0.1, 0.15) is 21.6 Å². The molecule has 0 spiro atoms. The number of rotatable bonds is 4. The second-order valence-electron chi connectivity index (χ2n) is 6.17. The summed E-state index contributed by atoms with van der Waals surface area (Å²) in [6.45, 7) is 1.47. The van der Waals surface area contributed by atoms with Crippen molar-refractivity contribution in [3.63, 3.8) is 0 Å². The summed E-state index contributed by atoms with van der Waals surface area (Å²) in [6.07, 6.45) is -0.463. The van der Waals surface area contributed by atoms with Gasteiger partial charge in [0.2, 0.25) is 0 Å². The highest BCUT2D eigenvalue weighted by atomic mass is 32.2. The minimum absolute atomic E-state index is 0.0342. The highest BCUT2D eigenvalue weighted by molar-refractivity contribution is 8.00. The van der Waals surface area contributed by atoms with Crippen molar-refractivity contribution in [3.05, 3.63) is 59.0 Å². The van der Waals surface area contributed by atoms with Crippen molar-refractivity contribution in [3.8, 4) is 5.75 Å². The number of phenols is 1. The summed E-state index contributed by atoms with van der Waals surface area (Å²) in [7, 11) is 0. The quantitative estimate of drug-likeness (QED) is 0.465. The molecule has 0 fully saturated rings. The summed E-state index contributed by atoms with van der Waals surface area (Å²) in [5.74, 6) is -3.54. The number of nitrogens with zero attached hydrogens (tertiary/aromatic N) is 1. The summed E-state index contributed by atoms with van der Waals surface area (Å²) < 4.78 is 52.4. The number of thioether (sulfide) groups is 1. The summed E-state index contributed by atoms with van der Waals surface area (Å²) in [4.78, 5) is 24.1. The molecule has 0 radical (unpaired) electrons. The van der Waals surface area contributed by atoms with Crippen LogP contribution >= 0.6 is 11.8 Å². The number of benzene rings is 2. The van der Waals surface area contributed by atoms with Crippen LogP contribution < -0.4 is 0 Å². The minimum Gasteiger partial charge on any atom is -0.505 e. The molecule has 3 aromatic rings. The van der Waals surface area contributed by atoms with Gasteiger partial charge in [-0.15, -0.1) is 0 Å². The van der Waals surface area contributed by atoms with E-state index in [0.29, 0.717) is 0 Å². The third-order valence-electron chi connectivity index (χ3n) is 4.27. The number of aliphatic carboxylic acids is 1. The van der Waals surface area contributed by atoms with Crippen molar-refractivity contribution < 1.29 is 37.4 Å². The molecule has 3 rings (SSSR count). The molecule has 0 aliphatic rings. The average molecular weight is 427 g/mol. The molecule has 0 atom stereocenters. The fourth-order valence-corrected chi connectivity index (χ4v) is 3.59. The van der Waals surface area contributed by atoms with Crippen molar-refractivity contribution in [2.45, 2.75) is 23.7 Å². The molecule has 5 nitrogen and oxygen atoms in total. The number of halogens is 4. The summed E-state index contributed by atoms with van der Waals surface area (Å²) in [5, 5.41) is 19.0. The molecule has 0 saturated carbocycles. The van der Waals surface area contributed by atoms with Crippen molar-refractivity contribution >= 4 is 34.5 Å². The van der Waals surface area contributed by atoms with Crippen molar-refractivity contribution in [2.75, 3.05) is 0 Å². The molecule has 0 amide bonds. The van der Waals surface area contributed by atoms with E-state index in [-0.39, 0.29) is 44.4 Å². The van der Waals surface area contributed by atoms with E-state index in [9.17, 15) is 32.3 Å². The van der Waals surface area contributed by atoms with Crippen LogP contribution in [0.5, 0.6) is 5.75 Å². The first-order valence-electron chi connectivity index (χ1n) is 8.12. The molecule has 0 aliphatic carbocycles. The minimum atomic E-state index is -4.47. The van der Waals surface area contributed by atoms with E-state index >= 15 is 0 Å². The second kappa shape index (κ2) is 7.43. The highest BCUT2D eigenvalue weighted by Gasteiger charge is 2.29. The van der Waals surface area contributed by atoms with Gasteiger partial charge in [0.1, 0.15) is 0 Å². The van der Waals surface area contributed by atoms with Gasteiger partial charge in [-0.3, -0.25) is 14.2 Å². The largest absolute Gasteiger partial charge is 0.505 e. The molecular formula is C19H13F4NO4S. The van der Waals surface area contributed by atoms with E-state index in [4.69, 9.17) is 5.11 Å². The molecule has 10 heteroatoms. The lowest BCUT2D eigenvalue weighted by Crippen LogP contribution is -2.14. The highest BCUT2D eigenvalue weighted by Crippen LogP contribution is 2.37. The Hall–Kier alpha value is -3.01. The topological polar surface area (TPSA) is 79.5 Å². The molecule has 1 aromatic heterocycles. The van der Waals surface area contributed by atoms with Crippen LogP contribution in [0.25, 0.3) is 10.9 Å². The van der Waals surface area contributed by atoms with Gasteiger partial charge < -0.3 is 10.2 Å². The third kappa shape index (κ3) is 4.21. The van der Waals surface area contributed by atoms with Gasteiger partial charge in [-0.2, -0.15) is 13.2 Å². The predicted molar refractivity (Wildman–Crippen MR) is 97.7 cm³/mol. The fraction of sp³-hybridized carbons (Fsp3) is 0.158. The zero-order chi connectivity index (χ0) is 21.5. The second-order valence-corrected chi connectivity index (χ2v) is 7.31. The molecule has 1 heterocycles. The third-order valence-corrected chi connectivity index (χ3v) is 5.01. The van der Waals surface area contributed by atoms with Crippen molar-refractivity contribution in [1.82, 2.24) is 4.57 Å². The number of hydrogen-bond acceptors (Lipinski definition) is 4. The van der Waals surface area contributed by atoms with E-state index in [1.54, 1.807) is 0 Å². The lowest BCUT2D eigenvalue weighted by molar-refractivity contribution is -0.136. The normalized spacial score (nSPS) is 11.8. The number of carbonyl (C=O) groups is 2. The molecule has 152 valence electrons. The Labute approximate surface area is 165 Å². The SMILES string of the molecule is Cc1c(CC(=O)O)c2cc(O)c(F)cc2n1C(=O)c1ccc(SC(F)(F)F)cc1. The van der Waals surface area contributed by atoms with E-state index in [0.717, 1.165) is 28.8 Å². The summed E-state index contributed by atoms with van der Waals surface area (Å²) in [6, 6.07) is 6.64. The molecule has 0 unspecified atom stereocenters. The standard InChI is InChI=1S/C19H13F4NO4S/c1-9-12(7-17(26)27)13-6-16(25)14(20)8-15(13)24(9)18(28)10-2-4-11(5-3-10)29-19(21,22)23/h2-6,8,25H,7H2,1H3,(H,26,27). The first-order chi connectivity index (χ1) is 13.5. The van der Waals surface area contributed by atoms with Gasteiger partial charge in [0.05, 0.1) is 11.9 Å². The van der Waals surface area contributed by atoms with Gasteiger partial charge in [-0.1, -0.05) is 0 Å². The number of aromatic hydroxyl groups is 1. The zero-order valence-corrected chi connectivity index (χ0v) is 15.6. The van der Waals surface area contributed by atoms with Gasteiger partial charge in [-0.05, 0) is 54.6 Å². The van der Waals surface area contributed by atoms with Gasteiger partial charge in [0.25, 0.3) is 5.91 Å². The van der Waals surface area contributed by atoms with E-state index in [1.165, 1.54) is 19.1 Å². The Balaban J connectivity index is 2.11. The van der Waals surface area contributed by atoms with E-state index in [1.807, 2.05) is 0 Å². The zero-order valence-electron chi connectivity index (χ0n) is 14.7. The lowest BCUT2D eigenvalue weighted by Gasteiger charge is -2.09. The van der Waals surface area contributed by atoms with Crippen LogP contribution in [0.2, 0.25) is 0 Å². The molecular weight excluding hydrogens is 414 g/mol. The lowest BCUT2D eigenvalue weighted by atomic mass is 10.1. The van der Waals surface area contributed by atoms with Gasteiger partial charge in [-0.25, -0.2) is 4.39 Å². The van der Waals surface area contributed by atoms with Gasteiger partial charge in [0, 0.05) is 27.6 Å². The van der Waals surface area contributed by atoms with Gasteiger partial charge >= 0.3 is 11.5 Å². The summed E-state index contributed by atoms with van der Waals surface area (Å²) >= 11 is -0.324. The Morgan fingerprint density at radius 3 is 2.31 bits per heavy atom. The maximum absolute atomic E-state index is 13.9. The number of alkyl halides is 3. The molecule has 0 bridgehead atoms.